The highest BCUT2D eigenvalue weighted by molar-refractivity contribution is 6.31. The van der Waals surface area contributed by atoms with Gasteiger partial charge in [0.25, 0.3) is 0 Å². The van der Waals surface area contributed by atoms with Crippen molar-refractivity contribution < 1.29 is 9.90 Å². The Kier molecular flexibility index (Phi) is 5.23. The van der Waals surface area contributed by atoms with E-state index in [1.54, 1.807) is 6.07 Å². The van der Waals surface area contributed by atoms with Gasteiger partial charge in [-0.25, -0.2) is 0 Å². The fraction of sp³-hybridized carbons (Fsp3) is 0.357. The SMILES string of the molecule is CC(C)=CCC(Cc1ccccc1Cl)C(=O)O. The highest BCUT2D eigenvalue weighted by Gasteiger charge is 2.17. The molecule has 0 bridgehead atoms. The van der Waals surface area contributed by atoms with Gasteiger partial charge >= 0.3 is 5.97 Å². The summed E-state index contributed by atoms with van der Waals surface area (Å²) in [5.41, 5.74) is 2.03. The zero-order chi connectivity index (χ0) is 12.8. The summed E-state index contributed by atoms with van der Waals surface area (Å²) in [5.74, 6) is -1.19. The van der Waals surface area contributed by atoms with Gasteiger partial charge in [-0.2, -0.15) is 0 Å². The van der Waals surface area contributed by atoms with Gasteiger partial charge in [-0.1, -0.05) is 41.4 Å². The van der Waals surface area contributed by atoms with Crippen LogP contribution in [-0.4, -0.2) is 11.1 Å². The molecule has 17 heavy (non-hydrogen) atoms. The Bertz CT molecular complexity index is 420. The Morgan fingerprint density at radius 1 is 1.41 bits per heavy atom. The molecule has 1 rings (SSSR count). The maximum atomic E-state index is 11.2. The highest BCUT2D eigenvalue weighted by Crippen LogP contribution is 2.21. The van der Waals surface area contributed by atoms with Crippen molar-refractivity contribution in [2.45, 2.75) is 26.7 Å². The van der Waals surface area contributed by atoms with Crippen molar-refractivity contribution in [2.75, 3.05) is 0 Å². The largest absolute Gasteiger partial charge is 0.481 e. The topological polar surface area (TPSA) is 37.3 Å². The van der Waals surface area contributed by atoms with Crippen molar-refractivity contribution in [3.63, 3.8) is 0 Å². The van der Waals surface area contributed by atoms with Crippen LogP contribution in [0.4, 0.5) is 0 Å². The first-order valence-corrected chi connectivity index (χ1v) is 5.98. The molecule has 0 aliphatic carbocycles. The average molecular weight is 253 g/mol. The molecule has 0 fully saturated rings. The zero-order valence-corrected chi connectivity index (χ0v) is 10.9. The number of aliphatic carboxylic acids is 1. The van der Waals surface area contributed by atoms with E-state index in [2.05, 4.69) is 0 Å². The van der Waals surface area contributed by atoms with Gasteiger partial charge < -0.3 is 5.11 Å². The highest BCUT2D eigenvalue weighted by atomic mass is 35.5. The van der Waals surface area contributed by atoms with Crippen molar-refractivity contribution >= 4 is 17.6 Å². The predicted molar refractivity (Wildman–Crippen MR) is 70.3 cm³/mol. The number of allylic oxidation sites excluding steroid dienone is 2. The van der Waals surface area contributed by atoms with E-state index in [9.17, 15) is 4.79 Å². The minimum atomic E-state index is -0.776. The number of hydrogen-bond acceptors (Lipinski definition) is 1. The number of carboxylic acids is 1. The second-order valence-corrected chi connectivity index (χ2v) is 4.76. The maximum Gasteiger partial charge on any atom is 0.307 e. The normalized spacial score (nSPS) is 11.9. The molecule has 0 aliphatic rings. The average Bonchev–Trinajstić information content (AvgIpc) is 2.25. The Hall–Kier alpha value is -1.28. The molecule has 0 aliphatic heterocycles. The van der Waals surface area contributed by atoms with Crippen molar-refractivity contribution in [3.05, 3.63) is 46.5 Å². The minimum absolute atomic E-state index is 0.412. The Labute approximate surface area is 107 Å². The van der Waals surface area contributed by atoms with Crippen LogP contribution in [0, 0.1) is 5.92 Å². The van der Waals surface area contributed by atoms with E-state index < -0.39 is 11.9 Å². The molecule has 0 radical (unpaired) electrons. The zero-order valence-electron chi connectivity index (χ0n) is 10.1. The van der Waals surface area contributed by atoms with Gasteiger partial charge in [0, 0.05) is 5.02 Å². The summed E-state index contributed by atoms with van der Waals surface area (Å²) in [6, 6.07) is 7.39. The number of rotatable bonds is 5. The van der Waals surface area contributed by atoms with E-state index in [4.69, 9.17) is 16.7 Å². The smallest absolute Gasteiger partial charge is 0.307 e. The molecular formula is C14H17ClO2. The monoisotopic (exact) mass is 252 g/mol. The van der Waals surface area contributed by atoms with Gasteiger partial charge in [0.1, 0.15) is 0 Å². The minimum Gasteiger partial charge on any atom is -0.481 e. The molecule has 0 saturated carbocycles. The summed E-state index contributed by atoms with van der Waals surface area (Å²) in [6.45, 7) is 3.93. The molecule has 1 aromatic carbocycles. The van der Waals surface area contributed by atoms with Gasteiger partial charge in [0.2, 0.25) is 0 Å². The number of carbonyl (C=O) groups is 1. The van der Waals surface area contributed by atoms with Crippen LogP contribution < -0.4 is 0 Å². The van der Waals surface area contributed by atoms with Gasteiger partial charge in [-0.05, 0) is 38.3 Å². The first-order valence-electron chi connectivity index (χ1n) is 5.60. The number of hydrogen-bond donors (Lipinski definition) is 1. The molecule has 1 N–H and O–H groups in total. The van der Waals surface area contributed by atoms with E-state index in [0.717, 1.165) is 11.1 Å². The molecule has 3 heteroatoms. The summed E-state index contributed by atoms with van der Waals surface area (Å²) in [7, 11) is 0. The Morgan fingerprint density at radius 3 is 2.59 bits per heavy atom. The molecule has 0 saturated heterocycles. The summed E-state index contributed by atoms with van der Waals surface area (Å²) in [5, 5.41) is 9.80. The third-order valence-corrected chi connectivity index (χ3v) is 2.95. The molecule has 0 amide bonds. The van der Waals surface area contributed by atoms with Gasteiger partial charge in [0.05, 0.1) is 5.92 Å². The molecule has 92 valence electrons. The summed E-state index contributed by atoms with van der Waals surface area (Å²) in [6.07, 6.45) is 2.97. The third kappa shape index (κ3) is 4.61. The summed E-state index contributed by atoms with van der Waals surface area (Å²) in [4.78, 5) is 11.2. The number of halogens is 1. The third-order valence-electron chi connectivity index (χ3n) is 2.58. The second-order valence-electron chi connectivity index (χ2n) is 4.35. The molecule has 1 atom stereocenters. The molecular weight excluding hydrogens is 236 g/mol. The first-order chi connectivity index (χ1) is 8.00. The van der Waals surface area contributed by atoms with Crippen molar-refractivity contribution in [1.29, 1.82) is 0 Å². The first kappa shape index (κ1) is 13.8. The lowest BCUT2D eigenvalue weighted by atomic mass is 9.95. The van der Waals surface area contributed by atoms with Crippen LogP contribution in [-0.2, 0) is 11.2 Å². The lowest BCUT2D eigenvalue weighted by molar-refractivity contribution is -0.141. The summed E-state index contributed by atoms with van der Waals surface area (Å²) >= 11 is 6.03. The number of carboxylic acid groups (broad SMARTS) is 1. The molecule has 2 nitrogen and oxygen atoms in total. The molecule has 0 spiro atoms. The van der Waals surface area contributed by atoms with E-state index in [-0.39, 0.29) is 0 Å². The standard InChI is InChI=1S/C14H17ClO2/c1-10(2)7-8-12(14(16)17)9-11-5-3-4-6-13(11)15/h3-7,12H,8-9H2,1-2H3,(H,16,17). The Balaban J connectivity index is 2.77. The van der Waals surface area contributed by atoms with Crippen LogP contribution >= 0.6 is 11.6 Å². The van der Waals surface area contributed by atoms with Crippen LogP contribution in [0.15, 0.2) is 35.9 Å². The molecule has 1 unspecified atom stereocenters. The van der Waals surface area contributed by atoms with Crippen LogP contribution in [0.2, 0.25) is 5.02 Å². The van der Waals surface area contributed by atoms with Crippen LogP contribution in [0.25, 0.3) is 0 Å². The quantitative estimate of drug-likeness (QED) is 0.806. The van der Waals surface area contributed by atoms with E-state index >= 15 is 0 Å². The lowest BCUT2D eigenvalue weighted by Gasteiger charge is -2.11. The molecule has 1 aromatic rings. The van der Waals surface area contributed by atoms with E-state index in [0.29, 0.717) is 17.9 Å². The Morgan fingerprint density at radius 2 is 2.06 bits per heavy atom. The fourth-order valence-corrected chi connectivity index (χ4v) is 1.79. The fourth-order valence-electron chi connectivity index (χ4n) is 1.58. The van der Waals surface area contributed by atoms with Crippen LogP contribution in [0.1, 0.15) is 25.8 Å². The van der Waals surface area contributed by atoms with Crippen molar-refractivity contribution in [3.8, 4) is 0 Å². The van der Waals surface area contributed by atoms with Gasteiger partial charge in [-0.15, -0.1) is 0 Å². The number of benzene rings is 1. The van der Waals surface area contributed by atoms with Crippen LogP contribution in [0.3, 0.4) is 0 Å². The second kappa shape index (κ2) is 6.45. The van der Waals surface area contributed by atoms with Gasteiger partial charge in [0.15, 0.2) is 0 Å². The van der Waals surface area contributed by atoms with Gasteiger partial charge in [-0.3, -0.25) is 4.79 Å². The predicted octanol–water partition coefficient (Wildman–Crippen LogP) is 3.94. The summed E-state index contributed by atoms with van der Waals surface area (Å²) < 4.78 is 0. The molecule has 0 heterocycles. The van der Waals surface area contributed by atoms with Crippen molar-refractivity contribution in [1.82, 2.24) is 0 Å². The molecule has 0 aromatic heterocycles. The van der Waals surface area contributed by atoms with E-state index in [1.165, 1.54) is 0 Å². The lowest BCUT2D eigenvalue weighted by Crippen LogP contribution is -2.16. The van der Waals surface area contributed by atoms with E-state index in [1.807, 2.05) is 38.1 Å². The van der Waals surface area contributed by atoms with Crippen LogP contribution in [0.5, 0.6) is 0 Å². The maximum absolute atomic E-state index is 11.2. The van der Waals surface area contributed by atoms with Crippen molar-refractivity contribution in [2.24, 2.45) is 5.92 Å².